The summed E-state index contributed by atoms with van der Waals surface area (Å²) in [4.78, 5) is 17.6. The molecule has 0 aliphatic carbocycles. The molecule has 29 heavy (non-hydrogen) atoms. The van der Waals surface area contributed by atoms with Crippen molar-refractivity contribution in [2.24, 2.45) is 4.99 Å². The first-order chi connectivity index (χ1) is 14.0. The van der Waals surface area contributed by atoms with Crippen LogP contribution in [-0.2, 0) is 4.79 Å². The third-order valence-corrected chi connectivity index (χ3v) is 5.32. The number of nitrogens with zero attached hydrogens (tertiary/aromatic N) is 1. The number of nitrogens with one attached hydrogen (secondary N) is 1. The zero-order valence-electron chi connectivity index (χ0n) is 15.4. The number of benzene rings is 3. The summed E-state index contributed by atoms with van der Waals surface area (Å²) in [7, 11) is 1.61. The van der Waals surface area contributed by atoms with Gasteiger partial charge in [-0.15, -0.1) is 0 Å². The second-order valence-corrected chi connectivity index (χ2v) is 7.71. The zero-order valence-corrected chi connectivity index (χ0v) is 17.8. The van der Waals surface area contributed by atoms with Crippen LogP contribution in [0.2, 0.25) is 5.02 Å². The predicted molar refractivity (Wildman–Crippen MR) is 121 cm³/mol. The molecule has 144 valence electrons. The van der Waals surface area contributed by atoms with E-state index in [1.165, 1.54) is 0 Å². The topological polar surface area (TPSA) is 50.7 Å². The Balaban J connectivity index is 1.90. The van der Waals surface area contributed by atoms with Crippen LogP contribution in [-0.4, -0.2) is 18.7 Å². The van der Waals surface area contributed by atoms with Gasteiger partial charge in [-0.2, -0.15) is 0 Å². The molecule has 1 amide bonds. The summed E-state index contributed by atoms with van der Waals surface area (Å²) in [5.74, 6) is 0.460. The summed E-state index contributed by atoms with van der Waals surface area (Å²) >= 11 is 9.97. The maximum Gasteiger partial charge on any atom is 0.274 e. The van der Waals surface area contributed by atoms with Crippen LogP contribution in [0.1, 0.15) is 16.7 Å². The highest BCUT2D eigenvalue weighted by Gasteiger charge is 2.23. The minimum atomic E-state index is -0.286. The van der Waals surface area contributed by atoms with Crippen LogP contribution < -0.4 is 10.1 Å². The van der Waals surface area contributed by atoms with Crippen LogP contribution in [0.5, 0.6) is 5.75 Å². The number of carbonyl (C=O) groups excluding carboxylic acids is 1. The second kappa shape index (κ2) is 8.23. The van der Waals surface area contributed by atoms with Crippen molar-refractivity contribution in [3.63, 3.8) is 0 Å². The first-order valence-electron chi connectivity index (χ1n) is 8.86. The lowest BCUT2D eigenvalue weighted by molar-refractivity contribution is -0.112. The summed E-state index contributed by atoms with van der Waals surface area (Å²) in [6, 6.07) is 20.5. The number of rotatable bonds is 3. The lowest BCUT2D eigenvalue weighted by Crippen LogP contribution is -2.12. The fourth-order valence-electron chi connectivity index (χ4n) is 3.05. The molecule has 1 heterocycles. The lowest BCUT2D eigenvalue weighted by atomic mass is 10.0. The number of halogens is 2. The molecule has 4 rings (SSSR count). The van der Waals surface area contributed by atoms with E-state index in [-0.39, 0.29) is 11.6 Å². The molecule has 0 radical (unpaired) electrons. The van der Waals surface area contributed by atoms with E-state index in [9.17, 15) is 4.79 Å². The molecular formula is C23H16BrClN2O2. The molecule has 0 aromatic heterocycles. The number of methoxy groups -OCH3 is 1. The smallest absolute Gasteiger partial charge is 0.274 e. The normalized spacial score (nSPS) is 14.7. The van der Waals surface area contributed by atoms with Crippen molar-refractivity contribution in [2.45, 2.75) is 0 Å². The standard InChI is InChI=1S/C23H16BrClN2O2/c1-29-16-9-6-14(7-10-16)12-21-23(28)27-20-11-8-15(24)13-18(20)22(26-21)17-4-2-3-5-19(17)25/h2-13H,1H3,(H,27,28)/b21-12+. The van der Waals surface area contributed by atoms with Crippen LogP contribution in [0.4, 0.5) is 5.69 Å². The third-order valence-electron chi connectivity index (χ3n) is 4.50. The number of aliphatic imine (C=N–C) groups is 1. The molecule has 0 atom stereocenters. The van der Waals surface area contributed by atoms with E-state index >= 15 is 0 Å². The van der Waals surface area contributed by atoms with Crippen molar-refractivity contribution in [1.82, 2.24) is 0 Å². The molecule has 6 heteroatoms. The molecule has 1 aliphatic rings. The number of fused-ring (bicyclic) bond motifs is 1. The molecule has 3 aromatic rings. The average Bonchev–Trinajstić information content (AvgIpc) is 2.86. The second-order valence-electron chi connectivity index (χ2n) is 6.39. The fourth-order valence-corrected chi connectivity index (χ4v) is 3.64. The van der Waals surface area contributed by atoms with Gasteiger partial charge in [-0.1, -0.05) is 57.9 Å². The van der Waals surface area contributed by atoms with Gasteiger partial charge in [0.2, 0.25) is 0 Å². The molecule has 0 unspecified atom stereocenters. The van der Waals surface area contributed by atoms with Crippen LogP contribution in [0.25, 0.3) is 6.08 Å². The Labute approximate surface area is 182 Å². The number of ether oxygens (including phenoxy) is 1. The van der Waals surface area contributed by atoms with Gasteiger partial charge in [-0.3, -0.25) is 4.79 Å². The Morgan fingerprint density at radius 3 is 2.52 bits per heavy atom. The van der Waals surface area contributed by atoms with E-state index in [0.717, 1.165) is 26.9 Å². The van der Waals surface area contributed by atoms with Crippen LogP contribution in [0.15, 0.2) is 81.9 Å². The van der Waals surface area contributed by atoms with Crippen molar-refractivity contribution >= 4 is 50.9 Å². The Kier molecular flexibility index (Phi) is 5.51. The molecule has 3 aromatic carbocycles. The summed E-state index contributed by atoms with van der Waals surface area (Å²) in [5, 5.41) is 3.52. The highest BCUT2D eigenvalue weighted by Crippen LogP contribution is 2.31. The number of carbonyl (C=O) groups is 1. The predicted octanol–water partition coefficient (Wildman–Crippen LogP) is 5.94. The van der Waals surface area contributed by atoms with Crippen LogP contribution in [0.3, 0.4) is 0 Å². The quantitative estimate of drug-likeness (QED) is 0.485. The molecule has 0 spiro atoms. The average molecular weight is 468 g/mol. The van der Waals surface area contributed by atoms with Gasteiger partial charge >= 0.3 is 0 Å². The van der Waals surface area contributed by atoms with Crippen LogP contribution in [0, 0.1) is 0 Å². The molecule has 0 fully saturated rings. The monoisotopic (exact) mass is 466 g/mol. The first kappa shape index (κ1) is 19.4. The van der Waals surface area contributed by atoms with Crippen molar-refractivity contribution in [3.05, 3.63) is 98.6 Å². The summed E-state index contributed by atoms with van der Waals surface area (Å²) < 4.78 is 6.08. The number of benzodiazepines with no additional fused rings is 1. The van der Waals surface area contributed by atoms with Gasteiger partial charge in [0, 0.05) is 20.6 Å². The highest BCUT2D eigenvalue weighted by molar-refractivity contribution is 9.10. The first-order valence-corrected chi connectivity index (χ1v) is 10.0. The SMILES string of the molecule is COc1ccc(/C=C2/N=C(c3ccccc3Cl)c3cc(Br)ccc3NC2=O)cc1. The summed E-state index contributed by atoms with van der Waals surface area (Å²) in [5.41, 5.74) is 3.98. The summed E-state index contributed by atoms with van der Waals surface area (Å²) in [6.07, 6.45) is 1.74. The van der Waals surface area contributed by atoms with Crippen molar-refractivity contribution in [1.29, 1.82) is 0 Å². The molecule has 0 bridgehead atoms. The third kappa shape index (κ3) is 4.11. The van der Waals surface area contributed by atoms with Gasteiger partial charge in [0.1, 0.15) is 11.4 Å². The van der Waals surface area contributed by atoms with Gasteiger partial charge in [0.25, 0.3) is 5.91 Å². The van der Waals surface area contributed by atoms with E-state index in [2.05, 4.69) is 21.2 Å². The van der Waals surface area contributed by atoms with Gasteiger partial charge in [-0.25, -0.2) is 4.99 Å². The maximum absolute atomic E-state index is 12.9. The molecule has 0 saturated carbocycles. The molecule has 4 nitrogen and oxygen atoms in total. The van der Waals surface area contributed by atoms with E-state index in [1.807, 2.05) is 66.7 Å². The Bertz CT molecular complexity index is 1150. The number of hydrogen-bond acceptors (Lipinski definition) is 3. The van der Waals surface area contributed by atoms with E-state index in [4.69, 9.17) is 21.3 Å². The molecule has 0 saturated heterocycles. The zero-order chi connectivity index (χ0) is 20.4. The Hall–Kier alpha value is -2.89. The molecular weight excluding hydrogens is 452 g/mol. The number of hydrogen-bond donors (Lipinski definition) is 1. The van der Waals surface area contributed by atoms with Gasteiger partial charge in [0.05, 0.1) is 18.5 Å². The highest BCUT2D eigenvalue weighted by atomic mass is 79.9. The summed E-state index contributed by atoms with van der Waals surface area (Å²) in [6.45, 7) is 0. The Morgan fingerprint density at radius 1 is 1.03 bits per heavy atom. The largest absolute Gasteiger partial charge is 0.497 e. The number of anilines is 1. The Morgan fingerprint density at radius 2 is 1.79 bits per heavy atom. The van der Waals surface area contributed by atoms with Gasteiger partial charge in [-0.05, 0) is 48.0 Å². The van der Waals surface area contributed by atoms with E-state index < -0.39 is 0 Å². The van der Waals surface area contributed by atoms with Crippen molar-refractivity contribution in [2.75, 3.05) is 12.4 Å². The minimum absolute atomic E-state index is 0.286. The van der Waals surface area contributed by atoms with Crippen LogP contribution >= 0.6 is 27.5 Å². The molecule has 1 N–H and O–H groups in total. The van der Waals surface area contributed by atoms with Gasteiger partial charge in [0.15, 0.2) is 0 Å². The lowest BCUT2D eigenvalue weighted by Gasteiger charge is -2.11. The molecule has 1 aliphatic heterocycles. The van der Waals surface area contributed by atoms with Crippen molar-refractivity contribution in [3.8, 4) is 5.75 Å². The van der Waals surface area contributed by atoms with Crippen molar-refractivity contribution < 1.29 is 9.53 Å². The van der Waals surface area contributed by atoms with E-state index in [1.54, 1.807) is 13.2 Å². The van der Waals surface area contributed by atoms with E-state index in [0.29, 0.717) is 16.4 Å². The fraction of sp³-hybridized carbons (Fsp3) is 0.0435. The van der Waals surface area contributed by atoms with Gasteiger partial charge < -0.3 is 10.1 Å². The minimum Gasteiger partial charge on any atom is -0.497 e. The number of amides is 1. The maximum atomic E-state index is 12.9.